The molecule has 0 spiro atoms. The fraction of sp³-hybridized carbons (Fsp3) is 0.500. The fourth-order valence-corrected chi connectivity index (χ4v) is 3.02. The molecule has 2 atom stereocenters. The molecule has 5 heteroatoms. The van der Waals surface area contributed by atoms with Crippen LogP contribution in [0.4, 0.5) is 5.69 Å². The molecule has 0 radical (unpaired) electrons. The maximum absolute atomic E-state index is 12.1. The first-order chi connectivity index (χ1) is 9.77. The second kappa shape index (κ2) is 6.10. The molecule has 0 aliphatic carbocycles. The molecular formula is C16H22N2O2S. The molecule has 114 valence electrons. The first-order valence-electron chi connectivity index (χ1n) is 7.13. The van der Waals surface area contributed by atoms with Crippen LogP contribution in [0.1, 0.15) is 34.1 Å². The van der Waals surface area contributed by atoms with Gasteiger partial charge >= 0.3 is 0 Å². The number of carbonyl (C=O) groups is 2. The Bertz CT molecular complexity index is 551. The predicted octanol–water partition coefficient (Wildman–Crippen LogP) is 3.04. The normalized spacial score (nSPS) is 19.4. The van der Waals surface area contributed by atoms with Crippen LogP contribution in [0.3, 0.4) is 0 Å². The molecule has 0 fully saturated rings. The van der Waals surface area contributed by atoms with Gasteiger partial charge in [-0.1, -0.05) is 32.9 Å². The number of rotatable bonds is 3. The number of para-hydroxylation sites is 1. The highest BCUT2D eigenvalue weighted by atomic mass is 32.2. The maximum atomic E-state index is 12.1. The Morgan fingerprint density at radius 3 is 2.71 bits per heavy atom. The molecule has 0 bridgehead atoms. The zero-order chi connectivity index (χ0) is 15.6. The molecule has 1 aliphatic rings. The van der Waals surface area contributed by atoms with Crippen molar-refractivity contribution in [2.45, 2.75) is 50.3 Å². The van der Waals surface area contributed by atoms with E-state index in [2.05, 4.69) is 31.4 Å². The first kappa shape index (κ1) is 15.9. The molecule has 0 aromatic heterocycles. The van der Waals surface area contributed by atoms with Crippen molar-refractivity contribution in [3.05, 3.63) is 24.3 Å². The van der Waals surface area contributed by atoms with E-state index in [4.69, 9.17) is 0 Å². The summed E-state index contributed by atoms with van der Waals surface area (Å²) in [6.45, 7) is 8.23. The van der Waals surface area contributed by atoms with Gasteiger partial charge in [0.15, 0.2) is 0 Å². The second-order valence-corrected chi connectivity index (χ2v) is 7.70. The summed E-state index contributed by atoms with van der Waals surface area (Å²) in [6.07, 6.45) is 0.200. The zero-order valence-electron chi connectivity index (χ0n) is 12.9. The average Bonchev–Trinajstić information content (AvgIpc) is 2.38. The Balaban J connectivity index is 1.98. The number of fused-ring (bicyclic) bond motifs is 1. The number of benzene rings is 1. The van der Waals surface area contributed by atoms with Crippen LogP contribution < -0.4 is 10.6 Å². The number of amides is 2. The van der Waals surface area contributed by atoms with Gasteiger partial charge in [0.05, 0.1) is 10.9 Å². The van der Waals surface area contributed by atoms with Gasteiger partial charge in [-0.15, -0.1) is 11.8 Å². The van der Waals surface area contributed by atoms with E-state index in [0.29, 0.717) is 0 Å². The molecule has 2 amide bonds. The fourth-order valence-electron chi connectivity index (χ4n) is 1.91. The molecule has 1 aromatic carbocycles. The summed E-state index contributed by atoms with van der Waals surface area (Å²) in [5, 5.41) is 5.47. The lowest BCUT2D eigenvalue weighted by molar-refractivity contribution is -0.125. The van der Waals surface area contributed by atoms with Gasteiger partial charge in [-0.3, -0.25) is 9.59 Å². The monoisotopic (exact) mass is 306 g/mol. The summed E-state index contributed by atoms with van der Waals surface area (Å²) in [7, 11) is 0. The third-order valence-electron chi connectivity index (χ3n) is 3.75. The minimum absolute atomic E-state index is 0.00419. The molecule has 1 aliphatic heterocycles. The molecule has 1 aromatic rings. The Hall–Kier alpha value is -1.49. The van der Waals surface area contributed by atoms with Crippen molar-refractivity contribution >= 4 is 29.3 Å². The summed E-state index contributed by atoms with van der Waals surface area (Å²) in [6, 6.07) is 7.72. The van der Waals surface area contributed by atoms with E-state index in [1.165, 1.54) is 11.8 Å². The van der Waals surface area contributed by atoms with Gasteiger partial charge in [0.25, 0.3) is 0 Å². The Morgan fingerprint density at radius 2 is 2.05 bits per heavy atom. The zero-order valence-corrected chi connectivity index (χ0v) is 13.7. The van der Waals surface area contributed by atoms with Crippen molar-refractivity contribution in [1.29, 1.82) is 0 Å². The topological polar surface area (TPSA) is 58.2 Å². The van der Waals surface area contributed by atoms with Crippen molar-refractivity contribution in [3.8, 4) is 0 Å². The average molecular weight is 306 g/mol. The SMILES string of the molecule is CC(NC(=O)CC1Sc2ccccc2NC1=O)C(C)(C)C. The maximum Gasteiger partial charge on any atom is 0.238 e. The summed E-state index contributed by atoms with van der Waals surface area (Å²) in [4.78, 5) is 25.2. The van der Waals surface area contributed by atoms with Crippen LogP contribution in [0.5, 0.6) is 0 Å². The lowest BCUT2D eigenvalue weighted by Crippen LogP contribution is -2.43. The Kier molecular flexibility index (Phi) is 4.61. The van der Waals surface area contributed by atoms with Crippen LogP contribution in [-0.4, -0.2) is 23.1 Å². The highest BCUT2D eigenvalue weighted by Gasteiger charge is 2.30. The van der Waals surface area contributed by atoms with Gasteiger partial charge < -0.3 is 10.6 Å². The van der Waals surface area contributed by atoms with Crippen LogP contribution in [0, 0.1) is 5.41 Å². The summed E-state index contributed by atoms with van der Waals surface area (Å²) < 4.78 is 0. The molecule has 2 unspecified atom stereocenters. The van der Waals surface area contributed by atoms with Crippen molar-refractivity contribution in [2.24, 2.45) is 5.41 Å². The van der Waals surface area contributed by atoms with Gasteiger partial charge in [0.2, 0.25) is 11.8 Å². The van der Waals surface area contributed by atoms with Crippen LogP contribution >= 0.6 is 11.8 Å². The number of hydrogen-bond acceptors (Lipinski definition) is 3. The lowest BCUT2D eigenvalue weighted by Gasteiger charge is -2.29. The Labute approximate surface area is 130 Å². The minimum Gasteiger partial charge on any atom is -0.353 e. The molecule has 1 heterocycles. The smallest absolute Gasteiger partial charge is 0.238 e. The molecule has 0 saturated heterocycles. The number of carbonyl (C=O) groups excluding carboxylic acids is 2. The molecule has 2 N–H and O–H groups in total. The van der Waals surface area contributed by atoms with Gasteiger partial charge in [-0.2, -0.15) is 0 Å². The van der Waals surface area contributed by atoms with Crippen LogP contribution in [0.15, 0.2) is 29.2 Å². The number of thioether (sulfide) groups is 1. The largest absolute Gasteiger partial charge is 0.353 e. The molecule has 21 heavy (non-hydrogen) atoms. The van der Waals surface area contributed by atoms with Crippen molar-refractivity contribution in [3.63, 3.8) is 0 Å². The Morgan fingerprint density at radius 1 is 1.38 bits per heavy atom. The highest BCUT2D eigenvalue weighted by molar-refractivity contribution is 8.01. The molecule has 4 nitrogen and oxygen atoms in total. The number of hydrogen-bond donors (Lipinski definition) is 2. The van der Waals surface area contributed by atoms with E-state index >= 15 is 0 Å². The van der Waals surface area contributed by atoms with Crippen molar-refractivity contribution < 1.29 is 9.59 Å². The van der Waals surface area contributed by atoms with E-state index < -0.39 is 0 Å². The predicted molar refractivity (Wildman–Crippen MR) is 86.4 cm³/mol. The van der Waals surface area contributed by atoms with E-state index in [1.807, 2.05) is 31.2 Å². The highest BCUT2D eigenvalue weighted by Crippen LogP contribution is 2.36. The van der Waals surface area contributed by atoms with Crippen molar-refractivity contribution in [2.75, 3.05) is 5.32 Å². The van der Waals surface area contributed by atoms with Crippen molar-refractivity contribution in [1.82, 2.24) is 5.32 Å². The van der Waals surface area contributed by atoms with E-state index in [9.17, 15) is 9.59 Å². The van der Waals surface area contributed by atoms with Gasteiger partial charge in [-0.05, 0) is 24.5 Å². The standard InChI is InChI=1S/C16H22N2O2S/c1-10(16(2,3)4)17-14(19)9-13-15(20)18-11-7-5-6-8-12(11)21-13/h5-8,10,13H,9H2,1-4H3,(H,17,19)(H,18,20). The van der Waals surface area contributed by atoms with Gasteiger partial charge in [-0.25, -0.2) is 0 Å². The summed E-state index contributed by atoms with van der Waals surface area (Å²) in [5.41, 5.74) is 0.830. The van der Waals surface area contributed by atoms with E-state index in [1.54, 1.807) is 0 Å². The first-order valence-corrected chi connectivity index (χ1v) is 8.01. The molecular weight excluding hydrogens is 284 g/mol. The minimum atomic E-state index is -0.368. The van der Waals surface area contributed by atoms with Crippen LogP contribution in [-0.2, 0) is 9.59 Å². The van der Waals surface area contributed by atoms with Crippen LogP contribution in [0.2, 0.25) is 0 Å². The third kappa shape index (κ3) is 4.00. The lowest BCUT2D eigenvalue weighted by atomic mass is 9.88. The molecule has 2 rings (SSSR count). The number of nitrogens with one attached hydrogen (secondary N) is 2. The van der Waals surface area contributed by atoms with E-state index in [-0.39, 0.29) is 34.9 Å². The van der Waals surface area contributed by atoms with E-state index in [0.717, 1.165) is 10.6 Å². The summed E-state index contributed by atoms with van der Waals surface area (Å²) in [5.74, 6) is -0.179. The quantitative estimate of drug-likeness (QED) is 0.902. The van der Waals surface area contributed by atoms with Gasteiger partial charge in [0.1, 0.15) is 0 Å². The molecule has 0 saturated carbocycles. The number of anilines is 1. The third-order valence-corrected chi connectivity index (χ3v) is 5.03. The van der Waals surface area contributed by atoms with Gasteiger partial charge in [0, 0.05) is 17.4 Å². The second-order valence-electron chi connectivity index (χ2n) is 6.45. The summed E-state index contributed by atoms with van der Waals surface area (Å²) >= 11 is 1.46. The van der Waals surface area contributed by atoms with Crippen LogP contribution in [0.25, 0.3) is 0 Å².